The fraction of sp³-hybridized carbons (Fsp3) is 0.533. The normalized spacial score (nSPS) is 18.2. The third-order valence-corrected chi connectivity index (χ3v) is 3.47. The molecule has 116 valence electrons. The second-order valence-electron chi connectivity index (χ2n) is 5.86. The lowest BCUT2D eigenvalue weighted by Crippen LogP contribution is -2.44. The third kappa shape index (κ3) is 4.79. The Labute approximate surface area is 129 Å². The van der Waals surface area contributed by atoms with Crippen LogP contribution < -0.4 is 15.4 Å². The minimum Gasteiger partial charge on any atom is -0.493 e. The summed E-state index contributed by atoms with van der Waals surface area (Å²) in [5.41, 5.74) is -0.00897. The predicted octanol–water partition coefficient (Wildman–Crippen LogP) is 2.62. The van der Waals surface area contributed by atoms with Gasteiger partial charge in [-0.1, -0.05) is 17.7 Å². The van der Waals surface area contributed by atoms with Gasteiger partial charge in [0.25, 0.3) is 0 Å². The first-order chi connectivity index (χ1) is 9.85. The number of benzene rings is 1. The smallest absolute Gasteiger partial charge is 0.315 e. The van der Waals surface area contributed by atoms with Crippen LogP contribution >= 0.6 is 11.6 Å². The van der Waals surface area contributed by atoms with Crippen molar-refractivity contribution >= 4 is 17.6 Å². The number of carbonyl (C=O) groups is 1. The topological polar surface area (TPSA) is 70.6 Å². The van der Waals surface area contributed by atoms with Crippen LogP contribution in [0.3, 0.4) is 0 Å². The molecule has 0 radical (unpaired) electrons. The van der Waals surface area contributed by atoms with Gasteiger partial charge in [0.2, 0.25) is 0 Å². The van der Waals surface area contributed by atoms with Gasteiger partial charge in [0, 0.05) is 17.1 Å². The molecule has 0 unspecified atom stereocenters. The zero-order chi connectivity index (χ0) is 15.5. The van der Waals surface area contributed by atoms with E-state index in [1.807, 2.05) is 6.07 Å². The lowest BCUT2D eigenvalue weighted by Gasteiger charge is -2.21. The number of urea groups is 1. The molecule has 0 saturated carbocycles. The first-order valence-corrected chi connectivity index (χ1v) is 7.42. The van der Waals surface area contributed by atoms with Crippen LogP contribution in [0.5, 0.6) is 5.75 Å². The highest BCUT2D eigenvalue weighted by atomic mass is 35.5. The molecular weight excluding hydrogens is 292 g/mol. The number of hydrogen-bond acceptors (Lipinski definition) is 3. The van der Waals surface area contributed by atoms with Gasteiger partial charge >= 0.3 is 6.03 Å². The van der Waals surface area contributed by atoms with Crippen molar-refractivity contribution in [3.63, 3.8) is 0 Å². The zero-order valence-corrected chi connectivity index (χ0v) is 13.0. The average molecular weight is 313 g/mol. The van der Waals surface area contributed by atoms with E-state index in [2.05, 4.69) is 10.6 Å². The van der Waals surface area contributed by atoms with Crippen LogP contribution in [0.4, 0.5) is 4.79 Å². The SMILES string of the molecule is CC(C)(O)CNC(=O)N[C@@H]1CCCOc2cc(Cl)ccc21. The Morgan fingerprint density at radius 2 is 2.29 bits per heavy atom. The van der Waals surface area contributed by atoms with Crippen LogP contribution in [0, 0.1) is 0 Å². The van der Waals surface area contributed by atoms with Gasteiger partial charge in [-0.2, -0.15) is 0 Å². The molecule has 6 heteroatoms. The van der Waals surface area contributed by atoms with Crippen LogP contribution in [-0.2, 0) is 0 Å². The van der Waals surface area contributed by atoms with Crippen LogP contribution in [0.2, 0.25) is 5.02 Å². The average Bonchev–Trinajstić information content (AvgIpc) is 2.58. The molecule has 1 aromatic carbocycles. The molecule has 2 rings (SSSR count). The van der Waals surface area contributed by atoms with Gasteiger partial charge < -0.3 is 20.5 Å². The van der Waals surface area contributed by atoms with Crippen molar-refractivity contribution in [3.8, 4) is 5.75 Å². The van der Waals surface area contributed by atoms with Crippen LogP contribution in [0.1, 0.15) is 38.3 Å². The van der Waals surface area contributed by atoms with Crippen molar-refractivity contribution in [1.82, 2.24) is 10.6 Å². The number of nitrogens with one attached hydrogen (secondary N) is 2. The monoisotopic (exact) mass is 312 g/mol. The molecule has 0 bridgehead atoms. The van der Waals surface area contributed by atoms with Gasteiger partial charge in [-0.05, 0) is 38.8 Å². The van der Waals surface area contributed by atoms with Crippen molar-refractivity contribution in [3.05, 3.63) is 28.8 Å². The largest absolute Gasteiger partial charge is 0.493 e. The van der Waals surface area contributed by atoms with Crippen molar-refractivity contribution in [1.29, 1.82) is 0 Å². The summed E-state index contributed by atoms with van der Waals surface area (Å²) in [6.07, 6.45) is 1.65. The highest BCUT2D eigenvalue weighted by Gasteiger charge is 2.22. The van der Waals surface area contributed by atoms with Gasteiger partial charge in [0.15, 0.2) is 0 Å². The van der Waals surface area contributed by atoms with E-state index in [4.69, 9.17) is 16.3 Å². The molecule has 1 atom stereocenters. The summed E-state index contributed by atoms with van der Waals surface area (Å²) in [6, 6.07) is 5.01. The van der Waals surface area contributed by atoms with E-state index in [0.717, 1.165) is 18.4 Å². The number of hydrogen-bond donors (Lipinski definition) is 3. The highest BCUT2D eigenvalue weighted by Crippen LogP contribution is 2.33. The molecule has 1 aliphatic heterocycles. The number of aliphatic hydroxyl groups is 1. The second-order valence-corrected chi connectivity index (χ2v) is 6.30. The summed E-state index contributed by atoms with van der Waals surface area (Å²) in [4.78, 5) is 11.9. The quantitative estimate of drug-likeness (QED) is 0.803. The fourth-order valence-electron chi connectivity index (χ4n) is 2.20. The zero-order valence-electron chi connectivity index (χ0n) is 12.3. The van der Waals surface area contributed by atoms with Crippen molar-refractivity contribution < 1.29 is 14.6 Å². The number of carbonyl (C=O) groups excluding carboxylic acids is 1. The van der Waals surface area contributed by atoms with Crippen molar-refractivity contribution in [2.75, 3.05) is 13.2 Å². The Bertz CT molecular complexity index is 514. The molecule has 0 saturated heterocycles. The first kappa shape index (κ1) is 15.9. The van der Waals surface area contributed by atoms with Crippen molar-refractivity contribution in [2.45, 2.75) is 38.3 Å². The lowest BCUT2D eigenvalue weighted by molar-refractivity contribution is 0.0817. The van der Waals surface area contributed by atoms with Crippen LogP contribution in [0.15, 0.2) is 18.2 Å². The summed E-state index contributed by atoms with van der Waals surface area (Å²) < 4.78 is 5.66. The van der Waals surface area contributed by atoms with E-state index >= 15 is 0 Å². The molecule has 2 amide bonds. The Morgan fingerprint density at radius 3 is 3.00 bits per heavy atom. The van der Waals surface area contributed by atoms with Crippen LogP contribution in [-0.4, -0.2) is 29.9 Å². The maximum absolute atomic E-state index is 11.9. The molecule has 3 N–H and O–H groups in total. The number of fused-ring (bicyclic) bond motifs is 1. The van der Waals surface area contributed by atoms with Crippen LogP contribution in [0.25, 0.3) is 0 Å². The Kier molecular flexibility index (Phi) is 4.96. The molecule has 1 heterocycles. The Morgan fingerprint density at radius 1 is 1.52 bits per heavy atom. The van der Waals surface area contributed by atoms with E-state index < -0.39 is 5.60 Å². The fourth-order valence-corrected chi connectivity index (χ4v) is 2.36. The summed E-state index contributed by atoms with van der Waals surface area (Å²) in [7, 11) is 0. The standard InChI is InChI=1S/C15H21ClN2O3/c1-15(2,20)9-17-14(19)18-12-4-3-7-21-13-8-10(16)5-6-11(12)13/h5-6,8,12,20H,3-4,7,9H2,1-2H3,(H2,17,18,19)/t12-/m1/s1. The molecule has 0 fully saturated rings. The molecule has 1 aromatic rings. The van der Waals surface area contributed by atoms with Gasteiger partial charge in [-0.3, -0.25) is 0 Å². The minimum atomic E-state index is -0.935. The van der Waals surface area contributed by atoms with E-state index in [0.29, 0.717) is 17.4 Å². The maximum atomic E-state index is 11.9. The van der Waals surface area contributed by atoms with Gasteiger partial charge in [0.1, 0.15) is 5.75 Å². The Balaban J connectivity index is 2.05. The minimum absolute atomic E-state index is 0.124. The predicted molar refractivity (Wildman–Crippen MR) is 81.8 cm³/mol. The van der Waals surface area contributed by atoms with Crippen molar-refractivity contribution in [2.24, 2.45) is 0 Å². The highest BCUT2D eigenvalue weighted by molar-refractivity contribution is 6.30. The molecular formula is C15H21ClN2O3. The van der Waals surface area contributed by atoms with E-state index in [9.17, 15) is 9.90 Å². The van der Waals surface area contributed by atoms with Gasteiger partial charge in [0.05, 0.1) is 18.2 Å². The molecule has 0 aliphatic carbocycles. The lowest BCUT2D eigenvalue weighted by atomic mass is 10.0. The number of ether oxygens (including phenoxy) is 1. The summed E-state index contributed by atoms with van der Waals surface area (Å²) in [5.74, 6) is 0.716. The summed E-state index contributed by atoms with van der Waals surface area (Å²) in [5, 5.41) is 15.8. The van der Waals surface area contributed by atoms with Gasteiger partial charge in [-0.25, -0.2) is 4.79 Å². The molecule has 0 spiro atoms. The summed E-state index contributed by atoms with van der Waals surface area (Å²) in [6.45, 7) is 4.08. The first-order valence-electron chi connectivity index (χ1n) is 7.04. The van der Waals surface area contributed by atoms with E-state index in [-0.39, 0.29) is 18.6 Å². The molecule has 21 heavy (non-hydrogen) atoms. The Hall–Kier alpha value is -1.46. The summed E-state index contributed by atoms with van der Waals surface area (Å²) >= 11 is 5.98. The second kappa shape index (κ2) is 6.54. The van der Waals surface area contributed by atoms with E-state index in [1.165, 1.54) is 0 Å². The molecule has 1 aliphatic rings. The van der Waals surface area contributed by atoms with Gasteiger partial charge in [-0.15, -0.1) is 0 Å². The number of halogens is 1. The maximum Gasteiger partial charge on any atom is 0.315 e. The third-order valence-electron chi connectivity index (χ3n) is 3.23. The molecule has 0 aromatic heterocycles. The van der Waals surface area contributed by atoms with E-state index in [1.54, 1.807) is 26.0 Å². The number of rotatable bonds is 3. The molecule has 5 nitrogen and oxygen atoms in total. The number of amides is 2.